The largest absolute Gasteiger partial charge is 0.376 e. The molecule has 2 heterocycles. The first-order chi connectivity index (χ1) is 8.69. The van der Waals surface area contributed by atoms with E-state index in [-0.39, 0.29) is 0 Å². The maximum absolute atomic E-state index is 5.76. The highest BCUT2D eigenvalue weighted by atomic mass is 16.5. The van der Waals surface area contributed by atoms with Crippen LogP contribution < -0.4 is 10.2 Å². The fourth-order valence-corrected chi connectivity index (χ4v) is 2.23. The lowest BCUT2D eigenvalue weighted by atomic mass is 10.1. The summed E-state index contributed by atoms with van der Waals surface area (Å²) in [6.45, 7) is 3.69. The molecule has 1 aliphatic rings. The SMILES string of the molecule is CNc1cc(N(C)CC2CCCCO2)nc(C)n1. The number of nitrogens with zero attached hydrogens (tertiary/aromatic N) is 3. The zero-order valence-electron chi connectivity index (χ0n) is 11.4. The molecule has 2 rings (SSSR count). The molecule has 0 saturated carbocycles. The quantitative estimate of drug-likeness (QED) is 0.883. The Kier molecular flexibility index (Phi) is 4.36. The second-order valence-electron chi connectivity index (χ2n) is 4.78. The molecule has 0 radical (unpaired) electrons. The van der Waals surface area contributed by atoms with Crippen molar-refractivity contribution in [1.29, 1.82) is 0 Å². The van der Waals surface area contributed by atoms with Gasteiger partial charge in [0.25, 0.3) is 0 Å². The van der Waals surface area contributed by atoms with Crippen molar-refractivity contribution in [3.63, 3.8) is 0 Å². The molecule has 1 aromatic rings. The van der Waals surface area contributed by atoms with Crippen LogP contribution in [-0.4, -0.2) is 43.3 Å². The number of aryl methyl sites for hydroxylation is 1. The van der Waals surface area contributed by atoms with E-state index in [0.29, 0.717) is 6.10 Å². The summed E-state index contributed by atoms with van der Waals surface area (Å²) in [7, 11) is 3.93. The van der Waals surface area contributed by atoms with Crippen LogP contribution in [0.4, 0.5) is 11.6 Å². The fourth-order valence-electron chi connectivity index (χ4n) is 2.23. The Morgan fingerprint density at radius 3 is 2.94 bits per heavy atom. The molecular weight excluding hydrogens is 228 g/mol. The monoisotopic (exact) mass is 250 g/mol. The summed E-state index contributed by atoms with van der Waals surface area (Å²) in [5.74, 6) is 2.59. The van der Waals surface area contributed by atoms with Gasteiger partial charge in [-0.15, -0.1) is 0 Å². The fraction of sp³-hybridized carbons (Fsp3) is 0.692. The second kappa shape index (κ2) is 6.00. The van der Waals surface area contributed by atoms with Gasteiger partial charge < -0.3 is 15.0 Å². The third-order valence-electron chi connectivity index (χ3n) is 3.22. The zero-order valence-corrected chi connectivity index (χ0v) is 11.4. The molecule has 5 heteroatoms. The third-order valence-corrected chi connectivity index (χ3v) is 3.22. The molecule has 1 fully saturated rings. The predicted octanol–water partition coefficient (Wildman–Crippen LogP) is 1.83. The summed E-state index contributed by atoms with van der Waals surface area (Å²) in [6.07, 6.45) is 3.93. The summed E-state index contributed by atoms with van der Waals surface area (Å²) in [4.78, 5) is 10.9. The van der Waals surface area contributed by atoms with Crippen LogP contribution in [0.2, 0.25) is 0 Å². The molecule has 1 atom stereocenters. The Hall–Kier alpha value is -1.36. The van der Waals surface area contributed by atoms with Crippen molar-refractivity contribution < 1.29 is 4.74 Å². The van der Waals surface area contributed by atoms with Gasteiger partial charge in [0, 0.05) is 33.3 Å². The number of anilines is 2. The number of hydrogen-bond donors (Lipinski definition) is 1. The van der Waals surface area contributed by atoms with Gasteiger partial charge in [0.05, 0.1) is 6.10 Å². The first-order valence-electron chi connectivity index (χ1n) is 6.55. The van der Waals surface area contributed by atoms with E-state index in [9.17, 15) is 0 Å². The van der Waals surface area contributed by atoms with Crippen LogP contribution in [0.25, 0.3) is 0 Å². The van der Waals surface area contributed by atoms with Crippen molar-refractivity contribution in [3.8, 4) is 0 Å². The van der Waals surface area contributed by atoms with E-state index in [1.165, 1.54) is 12.8 Å². The van der Waals surface area contributed by atoms with Gasteiger partial charge in [-0.3, -0.25) is 0 Å². The molecule has 0 spiro atoms. The molecule has 1 N–H and O–H groups in total. The highest BCUT2D eigenvalue weighted by molar-refractivity contribution is 5.48. The van der Waals surface area contributed by atoms with E-state index in [1.54, 1.807) is 0 Å². The van der Waals surface area contributed by atoms with Gasteiger partial charge in [-0.25, -0.2) is 9.97 Å². The molecule has 5 nitrogen and oxygen atoms in total. The molecule has 1 aromatic heterocycles. The van der Waals surface area contributed by atoms with Crippen molar-refractivity contribution in [2.75, 3.05) is 37.5 Å². The number of nitrogens with one attached hydrogen (secondary N) is 1. The van der Waals surface area contributed by atoms with Crippen LogP contribution in [0.3, 0.4) is 0 Å². The van der Waals surface area contributed by atoms with Crippen molar-refractivity contribution in [2.24, 2.45) is 0 Å². The van der Waals surface area contributed by atoms with Crippen LogP contribution in [0.15, 0.2) is 6.07 Å². The highest BCUT2D eigenvalue weighted by Crippen LogP contribution is 2.18. The minimum Gasteiger partial charge on any atom is -0.376 e. The number of aromatic nitrogens is 2. The van der Waals surface area contributed by atoms with Crippen LogP contribution in [0.5, 0.6) is 0 Å². The molecule has 0 aromatic carbocycles. The van der Waals surface area contributed by atoms with E-state index in [0.717, 1.165) is 37.0 Å². The van der Waals surface area contributed by atoms with Gasteiger partial charge in [-0.1, -0.05) is 0 Å². The number of ether oxygens (including phenoxy) is 1. The summed E-state index contributed by atoms with van der Waals surface area (Å²) >= 11 is 0. The van der Waals surface area contributed by atoms with Gasteiger partial charge in [0.15, 0.2) is 0 Å². The van der Waals surface area contributed by atoms with Crippen LogP contribution in [-0.2, 0) is 4.74 Å². The molecular formula is C13H22N4O. The average Bonchev–Trinajstić information content (AvgIpc) is 2.39. The normalized spacial score (nSPS) is 19.6. The standard InChI is InChI=1S/C13H22N4O/c1-10-15-12(14-2)8-13(16-10)17(3)9-11-6-4-5-7-18-11/h8,11H,4-7,9H2,1-3H3,(H,14,15,16). The molecule has 0 aliphatic carbocycles. The second-order valence-corrected chi connectivity index (χ2v) is 4.78. The van der Waals surface area contributed by atoms with E-state index < -0.39 is 0 Å². The first kappa shape index (κ1) is 13.1. The Balaban J connectivity index is 2.02. The molecule has 0 amide bonds. The lowest BCUT2D eigenvalue weighted by Gasteiger charge is -2.28. The van der Waals surface area contributed by atoms with Crippen LogP contribution in [0, 0.1) is 6.92 Å². The lowest BCUT2D eigenvalue weighted by molar-refractivity contribution is 0.0215. The number of hydrogen-bond acceptors (Lipinski definition) is 5. The molecule has 1 unspecified atom stereocenters. The van der Waals surface area contributed by atoms with Gasteiger partial charge >= 0.3 is 0 Å². The van der Waals surface area contributed by atoms with Crippen molar-refractivity contribution in [1.82, 2.24) is 9.97 Å². The Bertz CT molecular complexity index is 391. The number of rotatable bonds is 4. The van der Waals surface area contributed by atoms with Crippen LogP contribution >= 0.6 is 0 Å². The Morgan fingerprint density at radius 2 is 2.28 bits per heavy atom. The van der Waals surface area contributed by atoms with Gasteiger partial charge in [0.2, 0.25) is 0 Å². The van der Waals surface area contributed by atoms with E-state index in [4.69, 9.17) is 4.74 Å². The molecule has 0 bridgehead atoms. The minimum atomic E-state index is 0.331. The summed E-state index contributed by atoms with van der Waals surface area (Å²) in [5, 5.41) is 3.06. The smallest absolute Gasteiger partial charge is 0.134 e. The maximum Gasteiger partial charge on any atom is 0.134 e. The van der Waals surface area contributed by atoms with E-state index in [1.807, 2.05) is 20.0 Å². The topological polar surface area (TPSA) is 50.3 Å². The van der Waals surface area contributed by atoms with Crippen LogP contribution in [0.1, 0.15) is 25.1 Å². The summed E-state index contributed by atoms with van der Waals surface area (Å²) in [6, 6.07) is 1.97. The zero-order chi connectivity index (χ0) is 13.0. The molecule has 1 saturated heterocycles. The highest BCUT2D eigenvalue weighted by Gasteiger charge is 2.17. The first-order valence-corrected chi connectivity index (χ1v) is 6.55. The van der Waals surface area contributed by atoms with Crippen molar-refractivity contribution in [3.05, 3.63) is 11.9 Å². The molecule has 18 heavy (non-hydrogen) atoms. The van der Waals surface area contributed by atoms with Gasteiger partial charge in [-0.05, 0) is 26.2 Å². The summed E-state index contributed by atoms with van der Waals surface area (Å²) < 4.78 is 5.76. The Labute approximate surface area is 109 Å². The van der Waals surface area contributed by atoms with Gasteiger partial charge in [-0.2, -0.15) is 0 Å². The molecule has 1 aliphatic heterocycles. The van der Waals surface area contributed by atoms with E-state index >= 15 is 0 Å². The lowest BCUT2D eigenvalue weighted by Crippen LogP contribution is -2.33. The van der Waals surface area contributed by atoms with E-state index in [2.05, 4.69) is 27.2 Å². The Morgan fingerprint density at radius 1 is 1.44 bits per heavy atom. The average molecular weight is 250 g/mol. The van der Waals surface area contributed by atoms with Crippen molar-refractivity contribution in [2.45, 2.75) is 32.3 Å². The summed E-state index contributed by atoms with van der Waals surface area (Å²) in [5.41, 5.74) is 0. The van der Waals surface area contributed by atoms with Gasteiger partial charge in [0.1, 0.15) is 17.5 Å². The minimum absolute atomic E-state index is 0.331. The van der Waals surface area contributed by atoms with Crippen molar-refractivity contribution >= 4 is 11.6 Å². The predicted molar refractivity (Wildman–Crippen MR) is 73.2 cm³/mol. The molecule has 100 valence electrons. The third kappa shape index (κ3) is 3.32. The number of likely N-dealkylation sites (N-methyl/N-ethyl adjacent to an activating group) is 1. The maximum atomic E-state index is 5.76.